The van der Waals surface area contributed by atoms with E-state index in [2.05, 4.69) is 20.7 Å². The lowest BCUT2D eigenvalue weighted by Crippen LogP contribution is -2.47. The van der Waals surface area contributed by atoms with Gasteiger partial charge in [0, 0.05) is 31.8 Å². The van der Waals surface area contributed by atoms with Crippen molar-refractivity contribution in [3.8, 4) is 0 Å². The SMILES string of the molecule is COCC1(CNC(=O)Cc2c(C)nc3c(c2C)c(=O)[nH]n3C)CCNCC1. The molecular weight excluding hydrogens is 346 g/mol. The quantitative estimate of drug-likeness (QED) is 0.685. The molecule has 1 saturated heterocycles. The molecule has 0 bridgehead atoms. The number of aryl methyl sites for hydroxylation is 3. The van der Waals surface area contributed by atoms with E-state index in [9.17, 15) is 9.59 Å². The van der Waals surface area contributed by atoms with Crippen molar-refractivity contribution in [2.45, 2.75) is 33.1 Å². The van der Waals surface area contributed by atoms with E-state index in [1.165, 1.54) is 0 Å². The number of fused-ring (bicyclic) bond motifs is 1. The molecule has 1 fully saturated rings. The van der Waals surface area contributed by atoms with E-state index in [4.69, 9.17) is 4.74 Å². The second-order valence-electron chi connectivity index (χ2n) is 7.64. The van der Waals surface area contributed by atoms with Crippen LogP contribution in [0, 0.1) is 19.3 Å². The number of ether oxygens (including phenoxy) is 1. The lowest BCUT2D eigenvalue weighted by atomic mass is 9.79. The normalized spacial score (nSPS) is 16.6. The number of aromatic nitrogens is 3. The molecule has 0 aromatic carbocycles. The number of carbonyl (C=O) groups excluding carboxylic acids is 1. The molecule has 3 N–H and O–H groups in total. The fraction of sp³-hybridized carbons (Fsp3) is 0.632. The third-order valence-corrected chi connectivity index (χ3v) is 5.69. The van der Waals surface area contributed by atoms with E-state index >= 15 is 0 Å². The number of H-pyrrole nitrogens is 1. The van der Waals surface area contributed by atoms with Crippen LogP contribution in [-0.2, 0) is 23.0 Å². The third kappa shape index (κ3) is 3.91. The topological polar surface area (TPSA) is 101 Å². The van der Waals surface area contributed by atoms with Gasteiger partial charge in [0.2, 0.25) is 5.91 Å². The second kappa shape index (κ2) is 7.82. The maximum atomic E-state index is 12.6. The van der Waals surface area contributed by atoms with Crippen LogP contribution in [0.1, 0.15) is 29.7 Å². The molecular formula is C19H29N5O3. The summed E-state index contributed by atoms with van der Waals surface area (Å²) in [6, 6.07) is 0. The average molecular weight is 375 g/mol. The first-order valence-electron chi connectivity index (χ1n) is 9.38. The van der Waals surface area contributed by atoms with Gasteiger partial charge in [-0.2, -0.15) is 0 Å². The largest absolute Gasteiger partial charge is 0.384 e. The highest BCUT2D eigenvalue weighted by Gasteiger charge is 2.32. The number of hydrogen-bond donors (Lipinski definition) is 3. The summed E-state index contributed by atoms with van der Waals surface area (Å²) >= 11 is 0. The van der Waals surface area contributed by atoms with Gasteiger partial charge < -0.3 is 15.4 Å². The molecule has 1 aliphatic heterocycles. The van der Waals surface area contributed by atoms with E-state index in [-0.39, 0.29) is 23.3 Å². The van der Waals surface area contributed by atoms with Crippen LogP contribution in [0.15, 0.2) is 4.79 Å². The summed E-state index contributed by atoms with van der Waals surface area (Å²) < 4.78 is 7.03. The second-order valence-corrected chi connectivity index (χ2v) is 7.64. The van der Waals surface area contributed by atoms with Gasteiger partial charge in [-0.15, -0.1) is 0 Å². The Morgan fingerprint density at radius 3 is 2.70 bits per heavy atom. The number of nitrogens with one attached hydrogen (secondary N) is 3. The highest BCUT2D eigenvalue weighted by molar-refractivity contribution is 5.84. The van der Waals surface area contributed by atoms with Gasteiger partial charge >= 0.3 is 0 Å². The van der Waals surface area contributed by atoms with Crippen LogP contribution in [0.3, 0.4) is 0 Å². The Balaban J connectivity index is 1.76. The van der Waals surface area contributed by atoms with Crippen LogP contribution in [-0.4, -0.2) is 54.0 Å². The van der Waals surface area contributed by atoms with E-state index in [0.29, 0.717) is 24.2 Å². The first kappa shape index (κ1) is 19.6. The average Bonchev–Trinajstić information content (AvgIpc) is 2.91. The molecule has 0 radical (unpaired) electrons. The van der Waals surface area contributed by atoms with Gasteiger partial charge in [-0.25, -0.2) is 4.98 Å². The zero-order valence-electron chi connectivity index (χ0n) is 16.6. The van der Waals surface area contributed by atoms with Crippen LogP contribution in [0.2, 0.25) is 0 Å². The molecule has 0 atom stereocenters. The summed E-state index contributed by atoms with van der Waals surface area (Å²) in [4.78, 5) is 29.4. The van der Waals surface area contributed by atoms with E-state index in [1.807, 2.05) is 13.8 Å². The number of hydrogen-bond acceptors (Lipinski definition) is 5. The molecule has 0 unspecified atom stereocenters. The summed E-state index contributed by atoms with van der Waals surface area (Å²) in [6.45, 7) is 6.88. The standard InChI is InChI=1S/C19H29N5O3/c1-12-14(13(2)22-17-16(12)18(26)23-24(17)3)9-15(25)21-10-19(11-27-4)5-7-20-8-6-19/h20H,5-11H2,1-4H3,(H,21,25)(H,23,26). The van der Waals surface area contributed by atoms with Crippen molar-refractivity contribution in [1.29, 1.82) is 0 Å². The van der Waals surface area contributed by atoms with Crippen molar-refractivity contribution in [1.82, 2.24) is 25.4 Å². The molecule has 27 heavy (non-hydrogen) atoms. The first-order chi connectivity index (χ1) is 12.9. The van der Waals surface area contributed by atoms with Gasteiger partial charge in [0.25, 0.3) is 5.56 Å². The minimum absolute atomic E-state index is 0.0153. The lowest BCUT2D eigenvalue weighted by Gasteiger charge is -2.37. The predicted octanol–water partition coefficient (Wildman–Crippen LogP) is 0.553. The van der Waals surface area contributed by atoms with Crippen LogP contribution in [0.25, 0.3) is 11.0 Å². The van der Waals surface area contributed by atoms with Gasteiger partial charge in [0.1, 0.15) is 0 Å². The molecule has 0 saturated carbocycles. The zero-order valence-corrected chi connectivity index (χ0v) is 16.6. The van der Waals surface area contributed by atoms with Crippen molar-refractivity contribution in [2.75, 3.05) is 33.4 Å². The van der Waals surface area contributed by atoms with Crippen molar-refractivity contribution in [3.63, 3.8) is 0 Å². The van der Waals surface area contributed by atoms with Gasteiger partial charge in [-0.05, 0) is 50.9 Å². The van der Waals surface area contributed by atoms with E-state index < -0.39 is 0 Å². The number of methoxy groups -OCH3 is 1. The molecule has 1 amide bonds. The number of rotatable bonds is 6. The summed E-state index contributed by atoms with van der Waals surface area (Å²) in [5, 5.41) is 9.72. The minimum atomic E-state index is -0.173. The van der Waals surface area contributed by atoms with Crippen molar-refractivity contribution in [2.24, 2.45) is 12.5 Å². The summed E-state index contributed by atoms with van der Waals surface area (Å²) in [6.07, 6.45) is 2.18. The Morgan fingerprint density at radius 1 is 1.33 bits per heavy atom. The van der Waals surface area contributed by atoms with Crippen LogP contribution in [0.4, 0.5) is 0 Å². The summed E-state index contributed by atoms with van der Waals surface area (Å²) in [5.41, 5.74) is 2.85. The first-order valence-corrected chi connectivity index (χ1v) is 9.38. The Labute approximate surface area is 158 Å². The van der Waals surface area contributed by atoms with Gasteiger partial charge in [0.05, 0.1) is 18.4 Å². The van der Waals surface area contributed by atoms with Crippen molar-refractivity contribution >= 4 is 16.9 Å². The highest BCUT2D eigenvalue weighted by atomic mass is 16.5. The number of carbonyl (C=O) groups is 1. The Kier molecular flexibility index (Phi) is 5.67. The lowest BCUT2D eigenvalue weighted by molar-refractivity contribution is -0.121. The molecule has 3 heterocycles. The molecule has 8 nitrogen and oxygen atoms in total. The van der Waals surface area contributed by atoms with Gasteiger partial charge in [0.15, 0.2) is 5.65 Å². The predicted molar refractivity (Wildman–Crippen MR) is 104 cm³/mol. The fourth-order valence-electron chi connectivity index (χ4n) is 4.05. The Morgan fingerprint density at radius 2 is 2.04 bits per heavy atom. The molecule has 8 heteroatoms. The maximum absolute atomic E-state index is 12.6. The summed E-state index contributed by atoms with van der Waals surface area (Å²) in [5.74, 6) is -0.0521. The number of nitrogens with zero attached hydrogens (tertiary/aromatic N) is 2. The fourth-order valence-corrected chi connectivity index (χ4v) is 4.05. The number of piperidine rings is 1. The van der Waals surface area contributed by atoms with Crippen molar-refractivity contribution < 1.29 is 9.53 Å². The van der Waals surface area contributed by atoms with Crippen LogP contribution < -0.4 is 16.2 Å². The minimum Gasteiger partial charge on any atom is -0.384 e. The van der Waals surface area contributed by atoms with Gasteiger partial charge in [-0.1, -0.05) is 0 Å². The number of pyridine rings is 1. The highest BCUT2D eigenvalue weighted by Crippen LogP contribution is 2.28. The van der Waals surface area contributed by atoms with E-state index in [1.54, 1.807) is 18.8 Å². The molecule has 148 valence electrons. The maximum Gasteiger partial charge on any atom is 0.273 e. The molecule has 3 rings (SSSR count). The van der Waals surface area contributed by atoms with Crippen molar-refractivity contribution in [3.05, 3.63) is 27.2 Å². The van der Waals surface area contributed by atoms with Crippen LogP contribution in [0.5, 0.6) is 0 Å². The number of amides is 1. The van der Waals surface area contributed by atoms with Gasteiger partial charge in [-0.3, -0.25) is 19.4 Å². The smallest absolute Gasteiger partial charge is 0.273 e. The zero-order chi connectivity index (χ0) is 19.6. The van der Waals surface area contributed by atoms with E-state index in [0.717, 1.165) is 42.8 Å². The molecule has 2 aromatic heterocycles. The number of aromatic amines is 1. The summed E-state index contributed by atoms with van der Waals surface area (Å²) in [7, 11) is 3.47. The van der Waals surface area contributed by atoms with Crippen LogP contribution >= 0.6 is 0 Å². The molecule has 0 spiro atoms. The Bertz CT molecular complexity index is 887. The monoisotopic (exact) mass is 375 g/mol. The molecule has 2 aromatic rings. The Hall–Kier alpha value is -2.19. The third-order valence-electron chi connectivity index (χ3n) is 5.69. The molecule has 1 aliphatic rings. The molecule has 0 aliphatic carbocycles.